The summed E-state index contributed by atoms with van der Waals surface area (Å²) in [6, 6.07) is 1.58. The zero-order valence-corrected chi connectivity index (χ0v) is 11.8. The first-order valence-corrected chi connectivity index (χ1v) is 7.50. The lowest BCUT2D eigenvalue weighted by Gasteiger charge is -2.28. The summed E-state index contributed by atoms with van der Waals surface area (Å²) in [5.41, 5.74) is 0. The first-order chi connectivity index (χ1) is 9.81. The van der Waals surface area contributed by atoms with Crippen molar-refractivity contribution in [3.63, 3.8) is 0 Å². The van der Waals surface area contributed by atoms with Crippen molar-refractivity contribution in [1.82, 2.24) is 15.0 Å². The van der Waals surface area contributed by atoms with Crippen LogP contribution in [-0.4, -0.2) is 53.7 Å². The molecule has 0 radical (unpaired) electrons. The van der Waals surface area contributed by atoms with E-state index in [0.717, 1.165) is 26.1 Å². The Labute approximate surface area is 119 Å². The van der Waals surface area contributed by atoms with E-state index >= 15 is 0 Å². The maximum Gasteiger partial charge on any atom is 0.323 e. The predicted molar refractivity (Wildman–Crippen MR) is 75.5 cm³/mol. The number of amides is 2. The largest absolute Gasteiger partial charge is 0.363 e. The number of anilines is 1. The average Bonchev–Trinajstić information content (AvgIpc) is 3.11. The average molecular weight is 278 g/mol. The van der Waals surface area contributed by atoms with Crippen LogP contribution in [0, 0.1) is 5.92 Å². The maximum atomic E-state index is 12.1. The molecule has 2 amide bonds. The van der Waals surface area contributed by atoms with Gasteiger partial charge in [-0.05, 0) is 38.3 Å². The number of rotatable bonds is 3. The summed E-state index contributed by atoms with van der Waals surface area (Å²) >= 11 is 0. The van der Waals surface area contributed by atoms with Crippen molar-refractivity contribution in [1.29, 1.82) is 0 Å². The molecule has 0 bridgehead atoms. The van der Waals surface area contributed by atoms with Crippen LogP contribution in [0.2, 0.25) is 0 Å². The fourth-order valence-corrected chi connectivity index (χ4v) is 3.14. The van der Waals surface area contributed by atoms with Gasteiger partial charge < -0.3 is 14.3 Å². The van der Waals surface area contributed by atoms with Gasteiger partial charge in [-0.25, -0.2) is 4.79 Å². The van der Waals surface area contributed by atoms with Gasteiger partial charge in [0.15, 0.2) is 5.82 Å². The van der Waals surface area contributed by atoms with E-state index in [9.17, 15) is 4.79 Å². The van der Waals surface area contributed by atoms with Crippen LogP contribution < -0.4 is 5.32 Å². The Bertz CT molecular complexity index is 428. The van der Waals surface area contributed by atoms with Crippen molar-refractivity contribution in [3.8, 4) is 0 Å². The standard InChI is InChI=1S/C14H22N4O2/c19-14(15-13-5-9-20-16-13)18-8-4-12(11-18)10-17-6-2-1-3-7-17/h5,9,12H,1-4,6-8,10-11H2,(H,15,16,19). The maximum absolute atomic E-state index is 12.1. The SMILES string of the molecule is O=C(Nc1ccon1)N1CCC(CN2CCCCC2)C1. The van der Waals surface area contributed by atoms with Gasteiger partial charge in [0.1, 0.15) is 6.26 Å². The summed E-state index contributed by atoms with van der Waals surface area (Å²) in [5.74, 6) is 1.09. The van der Waals surface area contributed by atoms with Crippen molar-refractivity contribution in [2.24, 2.45) is 5.92 Å². The van der Waals surface area contributed by atoms with Crippen LogP contribution in [0.4, 0.5) is 10.6 Å². The van der Waals surface area contributed by atoms with Gasteiger partial charge in [0.25, 0.3) is 0 Å². The second-order valence-corrected chi connectivity index (χ2v) is 5.78. The molecule has 20 heavy (non-hydrogen) atoms. The topological polar surface area (TPSA) is 61.6 Å². The first kappa shape index (κ1) is 13.4. The fourth-order valence-electron chi connectivity index (χ4n) is 3.14. The van der Waals surface area contributed by atoms with Crippen molar-refractivity contribution in [3.05, 3.63) is 12.3 Å². The summed E-state index contributed by atoms with van der Waals surface area (Å²) in [7, 11) is 0. The zero-order valence-electron chi connectivity index (χ0n) is 11.8. The normalized spacial score (nSPS) is 24.0. The monoisotopic (exact) mass is 278 g/mol. The second kappa shape index (κ2) is 6.26. The van der Waals surface area contributed by atoms with E-state index in [1.807, 2.05) is 4.90 Å². The highest BCUT2D eigenvalue weighted by Gasteiger charge is 2.28. The minimum atomic E-state index is -0.0694. The summed E-state index contributed by atoms with van der Waals surface area (Å²) in [6.07, 6.45) is 6.57. The molecule has 6 heteroatoms. The molecule has 2 aliphatic heterocycles. The number of hydrogen-bond donors (Lipinski definition) is 1. The second-order valence-electron chi connectivity index (χ2n) is 5.78. The molecule has 2 aliphatic rings. The molecule has 0 saturated carbocycles. The highest BCUT2D eigenvalue weighted by molar-refractivity contribution is 5.88. The lowest BCUT2D eigenvalue weighted by atomic mass is 10.1. The Kier molecular flexibility index (Phi) is 4.20. The molecule has 1 aromatic rings. The molecule has 3 heterocycles. The number of piperidine rings is 1. The van der Waals surface area contributed by atoms with Gasteiger partial charge in [0.2, 0.25) is 0 Å². The third kappa shape index (κ3) is 3.30. The minimum Gasteiger partial charge on any atom is -0.363 e. The number of urea groups is 1. The molecule has 0 spiro atoms. The lowest BCUT2D eigenvalue weighted by molar-refractivity contribution is 0.192. The third-order valence-corrected chi connectivity index (χ3v) is 4.21. The zero-order chi connectivity index (χ0) is 13.8. The molecular formula is C14H22N4O2. The Morgan fingerprint density at radius 1 is 1.35 bits per heavy atom. The summed E-state index contributed by atoms with van der Waals surface area (Å²) in [4.78, 5) is 16.5. The fraction of sp³-hybridized carbons (Fsp3) is 0.714. The van der Waals surface area contributed by atoms with Crippen LogP contribution in [0.1, 0.15) is 25.7 Å². The Morgan fingerprint density at radius 2 is 2.20 bits per heavy atom. The molecule has 3 rings (SSSR count). The number of carbonyl (C=O) groups is 1. The highest BCUT2D eigenvalue weighted by atomic mass is 16.5. The highest BCUT2D eigenvalue weighted by Crippen LogP contribution is 2.20. The van der Waals surface area contributed by atoms with Gasteiger partial charge in [-0.3, -0.25) is 5.32 Å². The van der Waals surface area contributed by atoms with Gasteiger partial charge in [-0.2, -0.15) is 0 Å². The predicted octanol–water partition coefficient (Wildman–Crippen LogP) is 2.01. The summed E-state index contributed by atoms with van der Waals surface area (Å²) in [6.45, 7) is 5.26. The number of carbonyl (C=O) groups excluding carboxylic acids is 1. The number of nitrogens with zero attached hydrogens (tertiary/aromatic N) is 3. The molecule has 110 valence electrons. The molecule has 1 unspecified atom stereocenters. The molecule has 1 aromatic heterocycles. The van der Waals surface area contributed by atoms with E-state index in [-0.39, 0.29) is 6.03 Å². The van der Waals surface area contributed by atoms with Crippen LogP contribution in [0.3, 0.4) is 0 Å². The molecular weight excluding hydrogens is 256 g/mol. The number of likely N-dealkylation sites (tertiary alicyclic amines) is 2. The van der Waals surface area contributed by atoms with E-state index in [4.69, 9.17) is 4.52 Å². The van der Waals surface area contributed by atoms with E-state index in [2.05, 4.69) is 15.4 Å². The van der Waals surface area contributed by atoms with E-state index < -0.39 is 0 Å². The third-order valence-electron chi connectivity index (χ3n) is 4.21. The smallest absolute Gasteiger partial charge is 0.323 e. The van der Waals surface area contributed by atoms with E-state index in [1.54, 1.807) is 6.07 Å². The Balaban J connectivity index is 1.45. The summed E-state index contributed by atoms with van der Waals surface area (Å²) < 4.78 is 4.71. The summed E-state index contributed by atoms with van der Waals surface area (Å²) in [5, 5.41) is 6.45. The van der Waals surface area contributed by atoms with Gasteiger partial charge in [-0.1, -0.05) is 11.6 Å². The molecule has 0 aromatic carbocycles. The van der Waals surface area contributed by atoms with Crippen molar-refractivity contribution in [2.75, 3.05) is 38.0 Å². The molecule has 1 N–H and O–H groups in total. The first-order valence-electron chi connectivity index (χ1n) is 7.50. The number of aromatic nitrogens is 1. The minimum absolute atomic E-state index is 0.0694. The van der Waals surface area contributed by atoms with E-state index in [0.29, 0.717) is 11.7 Å². The van der Waals surface area contributed by atoms with Crippen LogP contribution in [0.25, 0.3) is 0 Å². The van der Waals surface area contributed by atoms with Gasteiger partial charge in [-0.15, -0.1) is 0 Å². The quantitative estimate of drug-likeness (QED) is 0.918. The lowest BCUT2D eigenvalue weighted by Crippen LogP contribution is -2.37. The van der Waals surface area contributed by atoms with Gasteiger partial charge in [0, 0.05) is 25.7 Å². The molecule has 2 saturated heterocycles. The molecule has 0 aliphatic carbocycles. The molecule has 2 fully saturated rings. The van der Waals surface area contributed by atoms with Crippen LogP contribution in [0.5, 0.6) is 0 Å². The van der Waals surface area contributed by atoms with E-state index in [1.165, 1.54) is 38.6 Å². The van der Waals surface area contributed by atoms with Crippen molar-refractivity contribution in [2.45, 2.75) is 25.7 Å². The van der Waals surface area contributed by atoms with Gasteiger partial charge >= 0.3 is 6.03 Å². The van der Waals surface area contributed by atoms with Crippen molar-refractivity contribution >= 4 is 11.8 Å². The Hall–Kier alpha value is -1.56. The van der Waals surface area contributed by atoms with Crippen LogP contribution in [-0.2, 0) is 0 Å². The molecule has 1 atom stereocenters. The number of nitrogens with one attached hydrogen (secondary N) is 1. The van der Waals surface area contributed by atoms with Crippen molar-refractivity contribution < 1.29 is 9.32 Å². The Morgan fingerprint density at radius 3 is 2.95 bits per heavy atom. The van der Waals surface area contributed by atoms with Gasteiger partial charge in [0.05, 0.1) is 0 Å². The number of hydrogen-bond acceptors (Lipinski definition) is 4. The molecule has 6 nitrogen and oxygen atoms in total. The van der Waals surface area contributed by atoms with Crippen LogP contribution >= 0.6 is 0 Å². The van der Waals surface area contributed by atoms with Crippen LogP contribution in [0.15, 0.2) is 16.9 Å².